The Kier molecular flexibility index (Phi) is 3.30. The second-order valence-electron chi connectivity index (χ2n) is 1.52. The van der Waals surface area contributed by atoms with E-state index in [1.54, 1.807) is 0 Å². The largest absolute Gasteiger partial charge is 0.480 e. The molecular weight excluding hydrogens is 176 g/mol. The van der Waals surface area contributed by atoms with E-state index in [0.29, 0.717) is 0 Å². The summed E-state index contributed by atoms with van der Waals surface area (Å²) in [6.45, 7) is 0. The standard InChI is InChI=1S/C5H3ClO5/c6-3(5(10)11)2(1-7)4(8)9/h3H,(H,8,9)(H,10,11). The van der Waals surface area contributed by atoms with Gasteiger partial charge in [-0.1, -0.05) is 0 Å². The lowest BCUT2D eigenvalue weighted by molar-refractivity contribution is -0.139. The van der Waals surface area contributed by atoms with Crippen molar-refractivity contribution < 1.29 is 24.6 Å². The number of aliphatic carboxylic acids is 2. The molecular formula is C5H3ClO5. The molecule has 2 N–H and O–H groups in total. The van der Waals surface area contributed by atoms with E-state index >= 15 is 0 Å². The number of carbonyl (C=O) groups is 2. The smallest absolute Gasteiger partial charge is 0.344 e. The highest BCUT2D eigenvalue weighted by Gasteiger charge is 2.25. The molecule has 11 heavy (non-hydrogen) atoms. The number of alkyl halides is 1. The second kappa shape index (κ2) is 3.75. The Labute approximate surface area is 65.9 Å². The van der Waals surface area contributed by atoms with Crippen molar-refractivity contribution in [3.63, 3.8) is 0 Å². The number of hydrogen-bond acceptors (Lipinski definition) is 3. The summed E-state index contributed by atoms with van der Waals surface area (Å²) >= 11 is 5.00. The van der Waals surface area contributed by atoms with Crippen molar-refractivity contribution in [3.8, 4) is 0 Å². The van der Waals surface area contributed by atoms with Crippen LogP contribution >= 0.6 is 11.6 Å². The zero-order valence-corrected chi connectivity index (χ0v) is 5.83. The molecule has 1 atom stereocenters. The van der Waals surface area contributed by atoms with Gasteiger partial charge in [-0.15, -0.1) is 11.6 Å². The third-order valence-corrected chi connectivity index (χ3v) is 1.22. The summed E-state index contributed by atoms with van der Waals surface area (Å²) < 4.78 is 0. The minimum atomic E-state index is -1.84. The number of carboxylic acids is 2. The van der Waals surface area contributed by atoms with Gasteiger partial charge in [0.2, 0.25) is 0 Å². The van der Waals surface area contributed by atoms with Crippen molar-refractivity contribution in [2.45, 2.75) is 5.38 Å². The van der Waals surface area contributed by atoms with Gasteiger partial charge in [-0.3, -0.25) is 4.79 Å². The molecule has 0 radical (unpaired) electrons. The van der Waals surface area contributed by atoms with Gasteiger partial charge in [0.25, 0.3) is 0 Å². The number of carboxylic acid groups (broad SMARTS) is 2. The Morgan fingerprint density at radius 1 is 1.36 bits per heavy atom. The highest BCUT2D eigenvalue weighted by atomic mass is 35.5. The molecule has 0 aromatic carbocycles. The first-order valence-electron chi connectivity index (χ1n) is 2.36. The maximum absolute atomic E-state index is 10.0. The van der Waals surface area contributed by atoms with E-state index in [1.807, 2.05) is 0 Å². The minimum Gasteiger partial charge on any atom is -0.480 e. The molecule has 0 fully saturated rings. The molecule has 60 valence electrons. The molecule has 0 aliphatic heterocycles. The number of rotatable bonds is 3. The van der Waals surface area contributed by atoms with E-state index in [1.165, 1.54) is 0 Å². The summed E-state index contributed by atoms with van der Waals surface area (Å²) in [4.78, 5) is 29.8. The molecule has 1 unspecified atom stereocenters. The van der Waals surface area contributed by atoms with Crippen LogP contribution in [0.2, 0.25) is 0 Å². The van der Waals surface area contributed by atoms with Crippen molar-refractivity contribution in [2.75, 3.05) is 0 Å². The quantitative estimate of drug-likeness (QED) is 0.346. The fourth-order valence-corrected chi connectivity index (χ4v) is 0.465. The average molecular weight is 179 g/mol. The number of halogens is 1. The summed E-state index contributed by atoms with van der Waals surface area (Å²) in [6, 6.07) is 0. The van der Waals surface area contributed by atoms with Crippen LogP contribution in [0.4, 0.5) is 0 Å². The Morgan fingerprint density at radius 3 is 1.91 bits per heavy atom. The Morgan fingerprint density at radius 2 is 1.82 bits per heavy atom. The maximum Gasteiger partial charge on any atom is 0.344 e. The second-order valence-corrected chi connectivity index (χ2v) is 1.96. The maximum atomic E-state index is 10.0. The molecule has 0 spiro atoms. The van der Waals surface area contributed by atoms with Gasteiger partial charge >= 0.3 is 11.9 Å². The Hall–Kier alpha value is -1.32. The summed E-state index contributed by atoms with van der Waals surface area (Å²) in [5, 5.41) is 14.4. The summed E-state index contributed by atoms with van der Waals surface area (Å²) in [6.07, 6.45) is 0. The third-order valence-electron chi connectivity index (χ3n) is 0.811. The Bertz CT molecular complexity index is 239. The molecule has 0 aromatic rings. The predicted molar refractivity (Wildman–Crippen MR) is 34.1 cm³/mol. The van der Waals surface area contributed by atoms with Crippen LogP contribution in [0.5, 0.6) is 0 Å². The van der Waals surface area contributed by atoms with Gasteiger partial charge in [0, 0.05) is 0 Å². The van der Waals surface area contributed by atoms with Crippen LogP contribution < -0.4 is 0 Å². The molecule has 5 nitrogen and oxygen atoms in total. The first-order valence-corrected chi connectivity index (χ1v) is 2.79. The first kappa shape index (κ1) is 9.68. The van der Waals surface area contributed by atoms with Crippen molar-refractivity contribution in [1.82, 2.24) is 0 Å². The van der Waals surface area contributed by atoms with Gasteiger partial charge in [0.1, 0.15) is 11.5 Å². The monoisotopic (exact) mass is 178 g/mol. The van der Waals surface area contributed by atoms with E-state index < -0.39 is 22.9 Å². The number of hydrogen-bond donors (Lipinski definition) is 2. The zero-order chi connectivity index (χ0) is 9.02. The van der Waals surface area contributed by atoms with Crippen LogP contribution in [0.15, 0.2) is 5.57 Å². The van der Waals surface area contributed by atoms with Crippen LogP contribution in [0.3, 0.4) is 0 Å². The topological polar surface area (TPSA) is 91.7 Å². The fraction of sp³-hybridized carbons (Fsp3) is 0.200. The molecule has 0 saturated heterocycles. The molecule has 0 rings (SSSR count). The van der Waals surface area contributed by atoms with E-state index in [0.717, 1.165) is 5.94 Å². The molecule has 0 aliphatic rings. The van der Waals surface area contributed by atoms with E-state index in [9.17, 15) is 14.4 Å². The van der Waals surface area contributed by atoms with Crippen molar-refractivity contribution in [3.05, 3.63) is 5.57 Å². The third kappa shape index (κ3) is 2.41. The highest BCUT2D eigenvalue weighted by molar-refractivity contribution is 6.35. The molecule has 0 amide bonds. The zero-order valence-electron chi connectivity index (χ0n) is 5.07. The number of carbonyl (C=O) groups excluding carboxylic acids is 1. The predicted octanol–water partition coefficient (Wildman–Crippen LogP) is -0.479. The van der Waals surface area contributed by atoms with E-state index in [-0.39, 0.29) is 0 Å². The molecule has 0 saturated carbocycles. The average Bonchev–Trinajstić information content (AvgIpc) is 1.88. The molecule has 6 heteroatoms. The molecule has 0 aliphatic carbocycles. The van der Waals surface area contributed by atoms with Crippen LogP contribution in [0.25, 0.3) is 0 Å². The van der Waals surface area contributed by atoms with Gasteiger partial charge in [0.15, 0.2) is 5.38 Å². The van der Waals surface area contributed by atoms with Gasteiger partial charge in [0.05, 0.1) is 0 Å². The molecule has 0 heterocycles. The van der Waals surface area contributed by atoms with Crippen molar-refractivity contribution in [2.24, 2.45) is 0 Å². The lowest BCUT2D eigenvalue weighted by atomic mass is 10.2. The first-order chi connectivity index (χ1) is 5.00. The van der Waals surface area contributed by atoms with Crippen molar-refractivity contribution in [1.29, 1.82) is 0 Å². The van der Waals surface area contributed by atoms with Gasteiger partial charge in [-0.05, 0) is 0 Å². The van der Waals surface area contributed by atoms with E-state index in [4.69, 9.17) is 21.8 Å². The lowest BCUT2D eigenvalue weighted by Gasteiger charge is -1.98. The van der Waals surface area contributed by atoms with Crippen LogP contribution in [0, 0.1) is 0 Å². The summed E-state index contributed by atoms with van der Waals surface area (Å²) in [5.74, 6) is -2.33. The van der Waals surface area contributed by atoms with Gasteiger partial charge in [-0.25, -0.2) is 9.59 Å². The van der Waals surface area contributed by atoms with E-state index in [2.05, 4.69) is 0 Å². The van der Waals surface area contributed by atoms with Crippen molar-refractivity contribution >= 4 is 29.5 Å². The SMILES string of the molecule is O=C=C(C(=O)O)C(Cl)C(=O)O. The summed E-state index contributed by atoms with van der Waals surface area (Å²) in [7, 11) is 0. The minimum absolute atomic E-state index is 0.937. The van der Waals surface area contributed by atoms with Gasteiger partial charge < -0.3 is 10.2 Å². The lowest BCUT2D eigenvalue weighted by Crippen LogP contribution is -2.21. The fourth-order valence-electron chi connectivity index (χ4n) is 0.327. The Balaban J connectivity index is 4.68. The highest BCUT2D eigenvalue weighted by Crippen LogP contribution is 2.06. The van der Waals surface area contributed by atoms with Gasteiger partial charge in [-0.2, -0.15) is 0 Å². The van der Waals surface area contributed by atoms with Crippen LogP contribution in [-0.2, 0) is 14.4 Å². The molecule has 0 aromatic heterocycles. The van der Waals surface area contributed by atoms with Crippen LogP contribution in [-0.4, -0.2) is 33.5 Å². The normalized spacial score (nSPS) is 11.4. The molecule has 0 bridgehead atoms. The van der Waals surface area contributed by atoms with Crippen LogP contribution in [0.1, 0.15) is 0 Å². The summed E-state index contributed by atoms with van der Waals surface area (Å²) in [5.41, 5.74) is -1.00.